The zero-order valence-corrected chi connectivity index (χ0v) is 10.9. The maximum atomic E-state index is 12.1. The van der Waals surface area contributed by atoms with Gasteiger partial charge in [0.25, 0.3) is 5.91 Å². The van der Waals surface area contributed by atoms with Gasteiger partial charge in [0.1, 0.15) is 0 Å². The number of aromatic hydroxyl groups is 2. The number of nitrogens with zero attached hydrogens (tertiary/aromatic N) is 1. The zero-order chi connectivity index (χ0) is 13.7. The second-order valence-corrected chi connectivity index (χ2v) is 4.30. The molecule has 1 aromatic rings. The molecular formula is C12H16N2O3S. The monoisotopic (exact) mass is 268 g/mol. The molecular weight excluding hydrogens is 252 g/mol. The Morgan fingerprint density at radius 3 is 2.67 bits per heavy atom. The van der Waals surface area contributed by atoms with E-state index in [9.17, 15) is 15.0 Å². The third-order valence-corrected chi connectivity index (χ3v) is 2.75. The van der Waals surface area contributed by atoms with E-state index in [0.29, 0.717) is 24.5 Å². The number of amides is 1. The van der Waals surface area contributed by atoms with E-state index in [1.807, 2.05) is 6.92 Å². The summed E-state index contributed by atoms with van der Waals surface area (Å²) < 4.78 is 0. The molecule has 0 saturated heterocycles. The predicted molar refractivity (Wildman–Crippen MR) is 72.8 cm³/mol. The Bertz CT molecular complexity index is 463. The van der Waals surface area contributed by atoms with E-state index in [-0.39, 0.29) is 17.2 Å². The van der Waals surface area contributed by atoms with E-state index < -0.39 is 5.75 Å². The zero-order valence-electron chi connectivity index (χ0n) is 10.1. The molecule has 18 heavy (non-hydrogen) atoms. The summed E-state index contributed by atoms with van der Waals surface area (Å²) in [7, 11) is 0. The SMILES string of the molecule is CCN(CCC(N)=S)C(=O)c1cccc(O)c1O. The molecule has 1 rings (SSSR count). The van der Waals surface area contributed by atoms with Gasteiger partial charge in [-0.15, -0.1) is 0 Å². The molecule has 5 nitrogen and oxygen atoms in total. The summed E-state index contributed by atoms with van der Waals surface area (Å²) in [5, 5.41) is 19.0. The van der Waals surface area contributed by atoms with Crippen LogP contribution in [0.15, 0.2) is 18.2 Å². The number of phenols is 2. The van der Waals surface area contributed by atoms with Crippen LogP contribution in [0.3, 0.4) is 0 Å². The molecule has 0 fully saturated rings. The summed E-state index contributed by atoms with van der Waals surface area (Å²) >= 11 is 4.76. The van der Waals surface area contributed by atoms with Crippen molar-refractivity contribution in [2.75, 3.05) is 13.1 Å². The maximum absolute atomic E-state index is 12.1. The van der Waals surface area contributed by atoms with Crippen molar-refractivity contribution < 1.29 is 15.0 Å². The van der Waals surface area contributed by atoms with Gasteiger partial charge in [-0.1, -0.05) is 18.3 Å². The van der Waals surface area contributed by atoms with Crippen LogP contribution < -0.4 is 5.73 Å². The van der Waals surface area contributed by atoms with Gasteiger partial charge in [-0.05, 0) is 19.1 Å². The molecule has 0 aliphatic heterocycles. The lowest BCUT2D eigenvalue weighted by Gasteiger charge is -2.21. The average molecular weight is 268 g/mol. The number of carbonyl (C=O) groups is 1. The van der Waals surface area contributed by atoms with Crippen LogP contribution in [0.5, 0.6) is 11.5 Å². The molecule has 6 heteroatoms. The minimum absolute atomic E-state index is 0.0692. The molecule has 1 aromatic carbocycles. The number of phenolic OH excluding ortho intramolecular Hbond substituents is 2. The van der Waals surface area contributed by atoms with Gasteiger partial charge in [0.2, 0.25) is 0 Å². The Morgan fingerprint density at radius 1 is 1.44 bits per heavy atom. The first-order valence-corrected chi connectivity index (χ1v) is 5.96. The van der Waals surface area contributed by atoms with Crippen molar-refractivity contribution in [3.8, 4) is 11.5 Å². The summed E-state index contributed by atoms with van der Waals surface area (Å²) in [6.45, 7) is 2.67. The highest BCUT2D eigenvalue weighted by Crippen LogP contribution is 2.29. The highest BCUT2D eigenvalue weighted by Gasteiger charge is 2.19. The minimum atomic E-state index is -0.406. The fourth-order valence-corrected chi connectivity index (χ4v) is 1.61. The maximum Gasteiger partial charge on any atom is 0.257 e. The van der Waals surface area contributed by atoms with Gasteiger partial charge in [-0.3, -0.25) is 4.79 Å². The number of para-hydroxylation sites is 1. The normalized spacial score (nSPS) is 10.1. The van der Waals surface area contributed by atoms with Gasteiger partial charge in [0.15, 0.2) is 11.5 Å². The van der Waals surface area contributed by atoms with Crippen LogP contribution in [0, 0.1) is 0 Å². The molecule has 4 N–H and O–H groups in total. The Balaban J connectivity index is 2.89. The third-order valence-electron chi connectivity index (χ3n) is 2.54. The Morgan fingerprint density at radius 2 is 2.11 bits per heavy atom. The van der Waals surface area contributed by atoms with Gasteiger partial charge in [-0.2, -0.15) is 0 Å². The second kappa shape index (κ2) is 6.20. The molecule has 0 unspecified atom stereocenters. The van der Waals surface area contributed by atoms with Crippen LogP contribution >= 0.6 is 12.2 Å². The lowest BCUT2D eigenvalue weighted by molar-refractivity contribution is 0.0765. The summed E-state index contributed by atoms with van der Waals surface area (Å²) in [4.78, 5) is 14.0. The van der Waals surface area contributed by atoms with Crippen LogP contribution in [0.2, 0.25) is 0 Å². The van der Waals surface area contributed by atoms with E-state index in [0.717, 1.165) is 0 Å². The van der Waals surface area contributed by atoms with Crippen molar-refractivity contribution >= 4 is 23.1 Å². The second-order valence-electron chi connectivity index (χ2n) is 3.77. The van der Waals surface area contributed by atoms with Crippen molar-refractivity contribution in [1.29, 1.82) is 0 Å². The molecule has 0 radical (unpaired) electrons. The van der Waals surface area contributed by atoms with Gasteiger partial charge in [0, 0.05) is 19.5 Å². The first kappa shape index (κ1) is 14.2. The van der Waals surface area contributed by atoms with Crippen LogP contribution in [0.4, 0.5) is 0 Å². The third kappa shape index (κ3) is 3.33. The molecule has 0 atom stereocenters. The van der Waals surface area contributed by atoms with Crippen molar-refractivity contribution in [1.82, 2.24) is 4.90 Å². The number of thiocarbonyl (C=S) groups is 1. The first-order valence-electron chi connectivity index (χ1n) is 5.55. The molecule has 0 spiro atoms. The smallest absolute Gasteiger partial charge is 0.257 e. The summed E-state index contributed by atoms with van der Waals surface area (Å²) in [5.41, 5.74) is 5.46. The van der Waals surface area contributed by atoms with E-state index in [1.54, 1.807) is 0 Å². The number of rotatable bonds is 5. The van der Waals surface area contributed by atoms with Crippen molar-refractivity contribution in [3.05, 3.63) is 23.8 Å². The van der Waals surface area contributed by atoms with E-state index in [4.69, 9.17) is 18.0 Å². The van der Waals surface area contributed by atoms with Crippen LogP contribution in [-0.2, 0) is 0 Å². The highest BCUT2D eigenvalue weighted by molar-refractivity contribution is 7.80. The topological polar surface area (TPSA) is 86.8 Å². The Labute approximate surface area is 111 Å². The van der Waals surface area contributed by atoms with Crippen LogP contribution in [-0.4, -0.2) is 39.1 Å². The molecule has 0 aliphatic carbocycles. The number of benzene rings is 1. The van der Waals surface area contributed by atoms with Gasteiger partial charge in [-0.25, -0.2) is 0 Å². The van der Waals surface area contributed by atoms with Gasteiger partial charge < -0.3 is 20.8 Å². The fourth-order valence-electron chi connectivity index (χ4n) is 1.52. The van der Waals surface area contributed by atoms with Gasteiger partial charge >= 0.3 is 0 Å². The standard InChI is InChI=1S/C12H16N2O3S/c1-2-14(7-6-10(13)18)12(17)8-4-3-5-9(15)11(8)16/h3-5,15-16H,2,6-7H2,1H3,(H2,13,18). The fraction of sp³-hybridized carbons (Fsp3) is 0.333. The van der Waals surface area contributed by atoms with E-state index >= 15 is 0 Å². The number of carbonyl (C=O) groups excluding carboxylic acids is 1. The van der Waals surface area contributed by atoms with Crippen LogP contribution in [0.1, 0.15) is 23.7 Å². The van der Waals surface area contributed by atoms with Crippen LogP contribution in [0.25, 0.3) is 0 Å². The van der Waals surface area contributed by atoms with E-state index in [2.05, 4.69) is 0 Å². The molecule has 0 aliphatic rings. The summed E-state index contributed by atoms with van der Waals surface area (Å²) in [5.74, 6) is -1.08. The molecule has 98 valence electrons. The molecule has 0 aromatic heterocycles. The molecule has 0 bridgehead atoms. The number of nitrogens with two attached hydrogens (primary N) is 1. The quantitative estimate of drug-likeness (QED) is 0.552. The predicted octanol–water partition coefficient (Wildman–Crippen LogP) is 1.24. The summed E-state index contributed by atoms with van der Waals surface area (Å²) in [6.07, 6.45) is 0.425. The van der Waals surface area contributed by atoms with E-state index in [1.165, 1.54) is 23.1 Å². The number of hydrogen-bond acceptors (Lipinski definition) is 4. The minimum Gasteiger partial charge on any atom is -0.504 e. The average Bonchev–Trinajstić information content (AvgIpc) is 2.32. The van der Waals surface area contributed by atoms with Crippen molar-refractivity contribution in [3.63, 3.8) is 0 Å². The number of hydrogen-bond donors (Lipinski definition) is 3. The lowest BCUT2D eigenvalue weighted by atomic mass is 10.1. The Hall–Kier alpha value is -1.82. The van der Waals surface area contributed by atoms with Crippen molar-refractivity contribution in [2.45, 2.75) is 13.3 Å². The first-order chi connectivity index (χ1) is 8.47. The van der Waals surface area contributed by atoms with Crippen molar-refractivity contribution in [2.24, 2.45) is 5.73 Å². The molecule has 0 heterocycles. The Kier molecular flexibility index (Phi) is 4.91. The largest absolute Gasteiger partial charge is 0.504 e. The highest BCUT2D eigenvalue weighted by atomic mass is 32.1. The molecule has 0 saturated carbocycles. The molecule has 1 amide bonds. The van der Waals surface area contributed by atoms with Gasteiger partial charge in [0.05, 0.1) is 10.6 Å². The summed E-state index contributed by atoms with van der Waals surface area (Å²) in [6, 6.07) is 4.28. The lowest BCUT2D eigenvalue weighted by Crippen LogP contribution is -2.33.